The molecule has 0 radical (unpaired) electrons. The zero-order valence-corrected chi connectivity index (χ0v) is 11.2. The molecule has 0 spiro atoms. The van der Waals surface area contributed by atoms with E-state index in [-0.39, 0.29) is 0 Å². The summed E-state index contributed by atoms with van der Waals surface area (Å²) in [6.45, 7) is -0.573. The Hall–Kier alpha value is -1.51. The Bertz CT molecular complexity index is 363. The molecule has 1 rings (SSSR count). The Morgan fingerprint density at radius 1 is 1.20 bits per heavy atom. The highest BCUT2D eigenvalue weighted by atomic mass is 19.4. The van der Waals surface area contributed by atoms with E-state index in [2.05, 4.69) is 0 Å². The number of halogens is 3. The van der Waals surface area contributed by atoms with Crippen molar-refractivity contribution in [3.8, 4) is 0 Å². The van der Waals surface area contributed by atoms with Crippen LogP contribution in [-0.4, -0.2) is 84.3 Å². The van der Waals surface area contributed by atoms with Gasteiger partial charge in [0.2, 0.25) is 0 Å². The molecular formula is C11H18F3N3O3. The van der Waals surface area contributed by atoms with Gasteiger partial charge in [-0.25, -0.2) is 4.79 Å². The molecule has 1 N–H and O–H groups in total. The normalized spacial score (nSPS) is 17.7. The molecule has 6 nitrogen and oxygen atoms in total. The molecule has 0 atom stereocenters. The van der Waals surface area contributed by atoms with Crippen LogP contribution in [0, 0.1) is 0 Å². The standard InChI is InChI=1S/C11H18F3N3O3/c1-15-3-2-4-16(6-5-15)10(20)17(7-9(18)19)8-11(12,13)14/h2-8H2,1H3,(H,18,19). The molecule has 0 aliphatic carbocycles. The number of carbonyl (C=O) groups is 2. The second-order valence-corrected chi connectivity index (χ2v) is 4.79. The number of carbonyl (C=O) groups excluding carboxylic acids is 1. The molecule has 1 saturated heterocycles. The molecule has 0 saturated carbocycles. The van der Waals surface area contributed by atoms with Gasteiger partial charge in [0.15, 0.2) is 0 Å². The van der Waals surface area contributed by atoms with Crippen molar-refractivity contribution in [3.05, 3.63) is 0 Å². The van der Waals surface area contributed by atoms with Gasteiger partial charge in [-0.15, -0.1) is 0 Å². The first-order valence-electron chi connectivity index (χ1n) is 6.20. The van der Waals surface area contributed by atoms with Crippen LogP contribution in [0.2, 0.25) is 0 Å². The first-order valence-corrected chi connectivity index (χ1v) is 6.20. The molecule has 1 fully saturated rings. The zero-order chi connectivity index (χ0) is 15.3. The topological polar surface area (TPSA) is 64.1 Å². The highest BCUT2D eigenvalue weighted by Gasteiger charge is 2.35. The molecule has 9 heteroatoms. The van der Waals surface area contributed by atoms with Crippen LogP contribution < -0.4 is 0 Å². The lowest BCUT2D eigenvalue weighted by atomic mass is 10.4. The molecule has 116 valence electrons. The summed E-state index contributed by atoms with van der Waals surface area (Å²) in [7, 11) is 1.86. The minimum atomic E-state index is -4.62. The smallest absolute Gasteiger partial charge is 0.406 e. The quantitative estimate of drug-likeness (QED) is 0.832. The minimum absolute atomic E-state index is 0.295. The van der Waals surface area contributed by atoms with Gasteiger partial charge in [0.1, 0.15) is 13.1 Å². The van der Waals surface area contributed by atoms with Crippen LogP contribution in [0.15, 0.2) is 0 Å². The van der Waals surface area contributed by atoms with Crippen LogP contribution in [-0.2, 0) is 4.79 Å². The minimum Gasteiger partial charge on any atom is -0.480 e. The number of amides is 2. The maximum absolute atomic E-state index is 12.4. The van der Waals surface area contributed by atoms with Gasteiger partial charge in [-0.3, -0.25) is 4.79 Å². The summed E-state index contributed by atoms with van der Waals surface area (Å²) in [5.41, 5.74) is 0. The highest BCUT2D eigenvalue weighted by Crippen LogP contribution is 2.18. The van der Waals surface area contributed by atoms with Gasteiger partial charge in [-0.2, -0.15) is 13.2 Å². The number of carboxylic acids is 1. The summed E-state index contributed by atoms with van der Waals surface area (Å²) in [4.78, 5) is 26.2. The van der Waals surface area contributed by atoms with Crippen molar-refractivity contribution in [1.82, 2.24) is 14.7 Å². The van der Waals surface area contributed by atoms with Crippen LogP contribution in [0.1, 0.15) is 6.42 Å². The maximum atomic E-state index is 12.4. The van der Waals surface area contributed by atoms with Crippen LogP contribution >= 0.6 is 0 Å². The van der Waals surface area contributed by atoms with Crippen molar-refractivity contribution in [1.29, 1.82) is 0 Å². The zero-order valence-electron chi connectivity index (χ0n) is 11.2. The van der Waals surface area contributed by atoms with Gasteiger partial charge in [0.25, 0.3) is 0 Å². The number of rotatable bonds is 3. The van der Waals surface area contributed by atoms with E-state index >= 15 is 0 Å². The summed E-state index contributed by atoms with van der Waals surface area (Å²) in [5, 5.41) is 8.64. The number of hydrogen-bond acceptors (Lipinski definition) is 3. The van der Waals surface area contributed by atoms with E-state index < -0.39 is 31.3 Å². The lowest BCUT2D eigenvalue weighted by molar-refractivity contribution is -0.149. The van der Waals surface area contributed by atoms with Gasteiger partial charge in [-0.05, 0) is 20.0 Å². The molecule has 20 heavy (non-hydrogen) atoms. The number of carboxylic acid groups (broad SMARTS) is 1. The van der Waals surface area contributed by atoms with Gasteiger partial charge in [0.05, 0.1) is 0 Å². The van der Waals surface area contributed by atoms with E-state index in [0.29, 0.717) is 31.0 Å². The van der Waals surface area contributed by atoms with Gasteiger partial charge < -0.3 is 19.8 Å². The van der Waals surface area contributed by atoms with Gasteiger partial charge >= 0.3 is 18.2 Å². The van der Waals surface area contributed by atoms with Crippen molar-refractivity contribution >= 4 is 12.0 Å². The molecule has 0 aromatic heterocycles. The number of urea groups is 1. The van der Waals surface area contributed by atoms with Crippen LogP contribution in [0.25, 0.3) is 0 Å². The molecule has 0 unspecified atom stereocenters. The van der Waals surface area contributed by atoms with Crippen molar-refractivity contribution in [2.45, 2.75) is 12.6 Å². The maximum Gasteiger partial charge on any atom is 0.406 e. The average Bonchev–Trinajstić information content (AvgIpc) is 2.50. The van der Waals surface area contributed by atoms with E-state index in [0.717, 1.165) is 6.54 Å². The van der Waals surface area contributed by atoms with Gasteiger partial charge in [-0.1, -0.05) is 0 Å². The monoisotopic (exact) mass is 297 g/mol. The molecule has 1 heterocycles. The fourth-order valence-electron chi connectivity index (χ4n) is 2.01. The van der Waals surface area contributed by atoms with E-state index in [1.165, 1.54) is 4.90 Å². The van der Waals surface area contributed by atoms with Crippen molar-refractivity contribution in [3.63, 3.8) is 0 Å². The number of nitrogens with zero attached hydrogens (tertiary/aromatic N) is 3. The van der Waals surface area contributed by atoms with E-state index in [4.69, 9.17) is 5.11 Å². The second kappa shape index (κ2) is 6.78. The van der Waals surface area contributed by atoms with Crippen LogP contribution in [0.5, 0.6) is 0 Å². The van der Waals surface area contributed by atoms with Crippen molar-refractivity contribution < 1.29 is 27.9 Å². The Morgan fingerprint density at radius 3 is 2.40 bits per heavy atom. The average molecular weight is 297 g/mol. The summed E-state index contributed by atoms with van der Waals surface area (Å²) in [5.74, 6) is -1.46. The number of hydrogen-bond donors (Lipinski definition) is 1. The third-order valence-corrected chi connectivity index (χ3v) is 2.96. The van der Waals surface area contributed by atoms with Crippen LogP contribution in [0.4, 0.5) is 18.0 Å². The summed E-state index contributed by atoms with van der Waals surface area (Å²) in [6.07, 6.45) is -3.97. The predicted molar refractivity (Wildman–Crippen MR) is 64.3 cm³/mol. The number of aliphatic carboxylic acids is 1. The molecule has 0 aromatic rings. The third-order valence-electron chi connectivity index (χ3n) is 2.96. The third kappa shape index (κ3) is 5.64. The fourth-order valence-corrected chi connectivity index (χ4v) is 2.01. The summed E-state index contributed by atoms with van der Waals surface area (Å²) >= 11 is 0. The highest BCUT2D eigenvalue weighted by molar-refractivity contribution is 5.80. The Labute approximate surface area is 114 Å². The molecule has 0 aromatic carbocycles. The molecule has 1 aliphatic rings. The number of alkyl halides is 3. The van der Waals surface area contributed by atoms with Crippen molar-refractivity contribution in [2.75, 3.05) is 46.3 Å². The van der Waals surface area contributed by atoms with E-state index in [1.807, 2.05) is 11.9 Å². The molecule has 1 aliphatic heterocycles. The second-order valence-electron chi connectivity index (χ2n) is 4.79. The lowest BCUT2D eigenvalue weighted by Gasteiger charge is -2.29. The summed E-state index contributed by atoms with van der Waals surface area (Å²) < 4.78 is 37.2. The molecular weight excluding hydrogens is 279 g/mol. The van der Waals surface area contributed by atoms with E-state index in [1.54, 1.807) is 0 Å². The molecule has 2 amide bonds. The Morgan fingerprint density at radius 2 is 1.85 bits per heavy atom. The Balaban J connectivity index is 2.73. The summed E-state index contributed by atoms with van der Waals surface area (Å²) in [6, 6.07) is -0.875. The fraction of sp³-hybridized carbons (Fsp3) is 0.818. The van der Waals surface area contributed by atoms with Gasteiger partial charge in [0, 0.05) is 19.6 Å². The van der Waals surface area contributed by atoms with Crippen LogP contribution in [0.3, 0.4) is 0 Å². The predicted octanol–water partition coefficient (Wildman–Crippen LogP) is 0.693. The SMILES string of the molecule is CN1CCCN(C(=O)N(CC(=O)O)CC(F)(F)F)CC1. The Kier molecular flexibility index (Phi) is 5.61. The molecule has 0 bridgehead atoms. The number of likely N-dealkylation sites (N-methyl/N-ethyl adjacent to an activating group) is 1. The largest absolute Gasteiger partial charge is 0.480 e. The first-order chi connectivity index (χ1) is 9.19. The van der Waals surface area contributed by atoms with E-state index in [9.17, 15) is 22.8 Å². The first kappa shape index (κ1) is 16.5. The lowest BCUT2D eigenvalue weighted by Crippen LogP contribution is -2.49. The van der Waals surface area contributed by atoms with Crippen molar-refractivity contribution in [2.24, 2.45) is 0 Å².